The van der Waals surface area contributed by atoms with Crippen molar-refractivity contribution in [3.05, 3.63) is 35.5 Å². The van der Waals surface area contributed by atoms with Crippen LogP contribution in [0.25, 0.3) is 22.4 Å². The number of halogens is 2. The van der Waals surface area contributed by atoms with E-state index in [0.717, 1.165) is 18.7 Å². The first-order chi connectivity index (χ1) is 11.9. The van der Waals surface area contributed by atoms with Gasteiger partial charge in [0.15, 0.2) is 17.5 Å². The third-order valence-corrected chi connectivity index (χ3v) is 3.42. The van der Waals surface area contributed by atoms with Crippen molar-refractivity contribution in [2.24, 2.45) is 0 Å². The maximum atomic E-state index is 13.9. The zero-order valence-electron chi connectivity index (χ0n) is 13.8. The molecule has 0 aliphatic carbocycles. The average Bonchev–Trinajstić information content (AvgIpc) is 3.01. The van der Waals surface area contributed by atoms with Gasteiger partial charge in [-0.15, -0.1) is 0 Å². The van der Waals surface area contributed by atoms with Crippen molar-refractivity contribution in [3.63, 3.8) is 0 Å². The van der Waals surface area contributed by atoms with Gasteiger partial charge >= 0.3 is 0 Å². The maximum absolute atomic E-state index is 13.9. The van der Waals surface area contributed by atoms with Gasteiger partial charge in [0.25, 0.3) is 0 Å². The summed E-state index contributed by atoms with van der Waals surface area (Å²) in [5.74, 6) is -0.387. The molecule has 0 amide bonds. The van der Waals surface area contributed by atoms with Crippen LogP contribution in [-0.2, 0) is 4.79 Å². The van der Waals surface area contributed by atoms with Gasteiger partial charge in [0.2, 0.25) is 0 Å². The molecule has 0 aliphatic heterocycles. The Hall–Kier alpha value is -2.58. The summed E-state index contributed by atoms with van der Waals surface area (Å²) in [4.78, 5) is 26.4. The van der Waals surface area contributed by atoms with E-state index in [2.05, 4.69) is 25.3 Å². The lowest BCUT2D eigenvalue weighted by Gasteiger charge is -2.20. The van der Waals surface area contributed by atoms with Gasteiger partial charge in [-0.3, -0.25) is 0 Å². The van der Waals surface area contributed by atoms with Gasteiger partial charge in [-0.1, -0.05) is 11.6 Å². The van der Waals surface area contributed by atoms with Crippen molar-refractivity contribution < 1.29 is 14.3 Å². The molecule has 3 aromatic heterocycles. The highest BCUT2D eigenvalue weighted by Gasteiger charge is 2.20. The first kappa shape index (κ1) is 18.8. The van der Waals surface area contributed by atoms with E-state index in [1.54, 1.807) is 26.1 Å². The number of nitrogens with one attached hydrogen (secondary N) is 2. The smallest absolute Gasteiger partial charge is 0.183 e. The molecule has 0 bridgehead atoms. The lowest BCUT2D eigenvalue weighted by atomic mass is 10.1. The first-order valence-electron chi connectivity index (χ1n) is 7.24. The number of aromatic amines is 1. The molecular weight excluding hydrogens is 349 g/mol. The molecule has 0 unspecified atom stereocenters. The lowest BCUT2D eigenvalue weighted by Crippen LogP contribution is -2.33. The predicted octanol–water partition coefficient (Wildman–Crippen LogP) is 2.81. The van der Waals surface area contributed by atoms with Crippen molar-refractivity contribution in [2.75, 3.05) is 12.4 Å². The normalized spacial score (nSPS) is 11.0. The number of anilines is 1. The summed E-state index contributed by atoms with van der Waals surface area (Å²) in [6, 6.07) is 1.73. The van der Waals surface area contributed by atoms with Gasteiger partial charge in [-0.05, 0) is 19.9 Å². The van der Waals surface area contributed by atoms with Crippen molar-refractivity contribution in [3.8, 4) is 11.4 Å². The predicted molar refractivity (Wildman–Crippen MR) is 94.0 cm³/mol. The molecule has 3 aromatic rings. The van der Waals surface area contributed by atoms with E-state index in [1.807, 2.05) is 0 Å². The van der Waals surface area contributed by atoms with Gasteiger partial charge in [0, 0.05) is 30.5 Å². The van der Waals surface area contributed by atoms with Crippen LogP contribution in [-0.4, -0.2) is 44.0 Å². The van der Waals surface area contributed by atoms with Gasteiger partial charge < -0.3 is 20.2 Å². The number of aldehydes is 1. The molecule has 3 N–H and O–H groups in total. The van der Waals surface area contributed by atoms with Crippen molar-refractivity contribution in [1.29, 1.82) is 0 Å². The molecule has 0 aliphatic rings. The van der Waals surface area contributed by atoms with Crippen LogP contribution in [0.5, 0.6) is 0 Å². The number of aromatic nitrogens is 4. The van der Waals surface area contributed by atoms with Crippen LogP contribution in [0, 0.1) is 5.82 Å². The number of carbonyl (C=O) groups excluding carboxylic acids is 1. The van der Waals surface area contributed by atoms with Crippen molar-refractivity contribution in [1.82, 2.24) is 19.9 Å². The number of pyridine rings is 1. The minimum Gasteiger partial charge on any atom is -0.400 e. The number of aliphatic hydroxyl groups is 1. The Morgan fingerprint density at radius 1 is 1.32 bits per heavy atom. The maximum Gasteiger partial charge on any atom is 0.183 e. The summed E-state index contributed by atoms with van der Waals surface area (Å²) in [5, 5.41) is 11.0. The Labute approximate surface area is 148 Å². The molecule has 25 heavy (non-hydrogen) atoms. The molecular formula is C16H17ClFN5O2. The summed E-state index contributed by atoms with van der Waals surface area (Å²) in [6.07, 6.45) is 4.94. The first-order valence-corrected chi connectivity index (χ1v) is 7.62. The second-order valence-corrected chi connectivity index (χ2v) is 6.04. The zero-order chi connectivity index (χ0) is 18.6. The van der Waals surface area contributed by atoms with E-state index in [9.17, 15) is 9.18 Å². The fourth-order valence-electron chi connectivity index (χ4n) is 2.08. The fourth-order valence-corrected chi connectivity index (χ4v) is 2.24. The zero-order valence-corrected chi connectivity index (χ0v) is 14.6. The summed E-state index contributed by atoms with van der Waals surface area (Å²) in [5.41, 5.74) is 0.319. The SMILES string of the molecule is CC(C)(C=O)Nc1nc(-c2c[nH]c3ncc(Cl)cc23)ncc1F.CO. The van der Waals surface area contributed by atoms with Crippen LogP contribution >= 0.6 is 11.6 Å². The van der Waals surface area contributed by atoms with Crippen LogP contribution in [0.3, 0.4) is 0 Å². The van der Waals surface area contributed by atoms with E-state index in [-0.39, 0.29) is 5.82 Å². The summed E-state index contributed by atoms with van der Waals surface area (Å²) < 4.78 is 13.9. The molecule has 3 heterocycles. The second-order valence-electron chi connectivity index (χ2n) is 5.61. The summed E-state index contributed by atoms with van der Waals surface area (Å²) in [7, 11) is 1.00. The quantitative estimate of drug-likeness (QED) is 0.614. The number of aliphatic hydroxyl groups excluding tert-OH is 1. The number of rotatable bonds is 4. The summed E-state index contributed by atoms with van der Waals surface area (Å²) in [6.45, 7) is 3.24. The van der Waals surface area contributed by atoms with Crippen LogP contribution in [0.2, 0.25) is 5.02 Å². The molecule has 132 valence electrons. The van der Waals surface area contributed by atoms with Gasteiger partial charge in [-0.25, -0.2) is 19.3 Å². The van der Waals surface area contributed by atoms with E-state index < -0.39 is 11.4 Å². The second kappa shape index (κ2) is 7.54. The molecule has 0 saturated carbocycles. The molecule has 0 aromatic carbocycles. The number of H-pyrrole nitrogens is 1. The van der Waals surface area contributed by atoms with Crippen LogP contribution < -0.4 is 5.32 Å². The highest BCUT2D eigenvalue weighted by molar-refractivity contribution is 6.31. The van der Waals surface area contributed by atoms with E-state index in [0.29, 0.717) is 28.3 Å². The molecule has 0 atom stereocenters. The lowest BCUT2D eigenvalue weighted by molar-refractivity contribution is -0.110. The number of hydrogen-bond acceptors (Lipinski definition) is 6. The fraction of sp³-hybridized carbons (Fsp3) is 0.250. The highest BCUT2D eigenvalue weighted by atomic mass is 35.5. The Bertz CT molecular complexity index is 897. The average molecular weight is 366 g/mol. The van der Waals surface area contributed by atoms with E-state index >= 15 is 0 Å². The largest absolute Gasteiger partial charge is 0.400 e. The van der Waals surface area contributed by atoms with Crippen molar-refractivity contribution >= 4 is 34.7 Å². The Balaban J connectivity index is 0.00000109. The monoisotopic (exact) mass is 365 g/mol. The van der Waals surface area contributed by atoms with E-state index in [4.69, 9.17) is 16.7 Å². The highest BCUT2D eigenvalue weighted by Crippen LogP contribution is 2.28. The summed E-state index contributed by atoms with van der Waals surface area (Å²) >= 11 is 5.97. The van der Waals surface area contributed by atoms with E-state index in [1.165, 1.54) is 6.20 Å². The van der Waals surface area contributed by atoms with Crippen LogP contribution in [0.1, 0.15) is 13.8 Å². The minimum atomic E-state index is -0.947. The number of nitrogens with zero attached hydrogens (tertiary/aromatic N) is 3. The third kappa shape index (κ3) is 4.09. The van der Waals surface area contributed by atoms with Gasteiger partial charge in [0.1, 0.15) is 11.9 Å². The third-order valence-electron chi connectivity index (χ3n) is 3.22. The van der Waals surface area contributed by atoms with Gasteiger partial charge in [0.05, 0.1) is 16.8 Å². The van der Waals surface area contributed by atoms with Crippen LogP contribution in [0.4, 0.5) is 10.2 Å². The topological polar surface area (TPSA) is 104 Å². The van der Waals surface area contributed by atoms with Crippen LogP contribution in [0.15, 0.2) is 24.7 Å². The molecule has 3 rings (SSSR count). The molecule has 7 nitrogen and oxygen atoms in total. The molecule has 0 spiro atoms. The number of carbonyl (C=O) groups is 1. The Morgan fingerprint density at radius 3 is 2.72 bits per heavy atom. The number of fused-ring (bicyclic) bond motifs is 1. The minimum absolute atomic E-state index is 0.0450. The number of hydrogen-bond donors (Lipinski definition) is 3. The molecule has 0 radical (unpaired) electrons. The molecule has 9 heteroatoms. The Morgan fingerprint density at radius 2 is 2.04 bits per heavy atom. The Kier molecular flexibility index (Phi) is 5.66. The van der Waals surface area contributed by atoms with Crippen molar-refractivity contribution in [2.45, 2.75) is 19.4 Å². The standard InChI is InChI=1S/C15H13ClFN5O.CH4O/c1-15(2,7-23)22-14-11(17)6-20-13(21-14)10-5-19-12-9(10)3-8(16)4-18-12;1-2/h3-7H,1-2H3,(H,18,19)(H,20,21,22);2H,1H3. The molecule has 0 fully saturated rings. The van der Waals surface area contributed by atoms with Gasteiger partial charge in [-0.2, -0.15) is 0 Å². The molecule has 0 saturated heterocycles.